The van der Waals surface area contributed by atoms with E-state index in [1.54, 1.807) is 0 Å². The summed E-state index contributed by atoms with van der Waals surface area (Å²) >= 11 is 0. The summed E-state index contributed by atoms with van der Waals surface area (Å²) < 4.78 is 0. The van der Waals surface area contributed by atoms with Gasteiger partial charge in [-0.3, -0.25) is 0 Å². The Morgan fingerprint density at radius 1 is 1.26 bits per heavy atom. The highest BCUT2D eigenvalue weighted by Gasteiger charge is 2.33. The lowest BCUT2D eigenvalue weighted by Crippen LogP contribution is -2.40. The number of nitrogens with one attached hydrogen (secondary N) is 1. The third-order valence-electron chi connectivity index (χ3n) is 4.60. The van der Waals surface area contributed by atoms with Gasteiger partial charge in [-0.2, -0.15) is 0 Å². The van der Waals surface area contributed by atoms with Crippen LogP contribution in [0.3, 0.4) is 0 Å². The van der Waals surface area contributed by atoms with E-state index in [1.165, 1.54) is 51.0 Å². The normalized spacial score (nSPS) is 26.9. The molecule has 2 aliphatic rings. The van der Waals surface area contributed by atoms with E-state index >= 15 is 0 Å². The second-order valence-corrected chi connectivity index (χ2v) is 6.32. The van der Waals surface area contributed by atoms with Gasteiger partial charge in [-0.25, -0.2) is 0 Å². The highest BCUT2D eigenvalue weighted by molar-refractivity contribution is 5.19. The Labute approximate surface area is 117 Å². The molecule has 1 saturated carbocycles. The van der Waals surface area contributed by atoms with Gasteiger partial charge in [-0.1, -0.05) is 37.3 Å². The molecule has 1 aliphatic heterocycles. The summed E-state index contributed by atoms with van der Waals surface area (Å²) in [6.07, 6.45) is 4.18. The molecule has 1 aliphatic carbocycles. The van der Waals surface area contributed by atoms with Crippen LogP contribution in [0, 0.1) is 5.92 Å². The van der Waals surface area contributed by atoms with E-state index in [4.69, 9.17) is 0 Å². The minimum Gasteiger partial charge on any atom is -0.312 e. The van der Waals surface area contributed by atoms with Crippen molar-refractivity contribution in [3.05, 3.63) is 35.9 Å². The van der Waals surface area contributed by atoms with Crippen molar-refractivity contribution in [2.24, 2.45) is 5.92 Å². The predicted octanol–water partition coefficient (Wildman–Crippen LogP) is 2.86. The molecule has 0 amide bonds. The molecule has 0 aromatic heterocycles. The number of rotatable bonds is 4. The van der Waals surface area contributed by atoms with Crippen LogP contribution in [0.25, 0.3) is 0 Å². The third kappa shape index (κ3) is 3.58. The van der Waals surface area contributed by atoms with Gasteiger partial charge in [-0.15, -0.1) is 0 Å². The van der Waals surface area contributed by atoms with Crippen LogP contribution in [0.5, 0.6) is 0 Å². The highest BCUT2D eigenvalue weighted by Crippen LogP contribution is 2.33. The van der Waals surface area contributed by atoms with Gasteiger partial charge in [0.1, 0.15) is 0 Å². The van der Waals surface area contributed by atoms with Gasteiger partial charge in [-0.05, 0) is 49.8 Å². The smallest absolute Gasteiger partial charge is 0.0223 e. The molecule has 104 valence electrons. The van der Waals surface area contributed by atoms with Gasteiger partial charge >= 0.3 is 0 Å². The molecule has 2 fully saturated rings. The summed E-state index contributed by atoms with van der Waals surface area (Å²) in [7, 11) is 0. The first-order valence-electron chi connectivity index (χ1n) is 7.83. The summed E-state index contributed by atoms with van der Waals surface area (Å²) in [6, 6.07) is 11.7. The Hall–Kier alpha value is -0.860. The van der Waals surface area contributed by atoms with E-state index < -0.39 is 0 Å². The van der Waals surface area contributed by atoms with Crippen molar-refractivity contribution in [2.75, 3.05) is 26.2 Å². The monoisotopic (exact) mass is 258 g/mol. The maximum Gasteiger partial charge on any atom is 0.0223 e. The molecule has 1 N–H and O–H groups in total. The summed E-state index contributed by atoms with van der Waals surface area (Å²) in [4.78, 5) is 2.68. The number of hydrogen-bond acceptors (Lipinski definition) is 2. The SMILES string of the molecule is CC(CN1CCCNC(C2CC2)C1)c1ccccc1. The van der Waals surface area contributed by atoms with Crippen LogP contribution in [0.4, 0.5) is 0 Å². The molecule has 0 bridgehead atoms. The maximum atomic E-state index is 3.74. The summed E-state index contributed by atoms with van der Waals surface area (Å²) in [5.74, 6) is 1.60. The first-order chi connectivity index (χ1) is 9.33. The minimum absolute atomic E-state index is 0.638. The van der Waals surface area contributed by atoms with Crippen LogP contribution in [0.15, 0.2) is 30.3 Å². The standard InChI is InChI=1S/C17H26N2/c1-14(15-6-3-2-4-7-15)12-19-11-5-10-18-17(13-19)16-8-9-16/h2-4,6-7,14,16-18H,5,8-13H2,1H3. The van der Waals surface area contributed by atoms with Crippen molar-refractivity contribution >= 4 is 0 Å². The van der Waals surface area contributed by atoms with E-state index in [-0.39, 0.29) is 0 Å². The lowest BCUT2D eigenvalue weighted by Gasteiger charge is -2.27. The summed E-state index contributed by atoms with van der Waals surface area (Å²) in [5, 5.41) is 3.74. The third-order valence-corrected chi connectivity index (χ3v) is 4.60. The van der Waals surface area contributed by atoms with E-state index in [0.29, 0.717) is 5.92 Å². The van der Waals surface area contributed by atoms with Crippen LogP contribution in [0.1, 0.15) is 37.7 Å². The van der Waals surface area contributed by atoms with Gasteiger partial charge in [0.05, 0.1) is 0 Å². The average molecular weight is 258 g/mol. The second-order valence-electron chi connectivity index (χ2n) is 6.32. The zero-order chi connectivity index (χ0) is 13.1. The van der Waals surface area contributed by atoms with Gasteiger partial charge in [0, 0.05) is 19.1 Å². The minimum atomic E-state index is 0.638. The van der Waals surface area contributed by atoms with Crippen molar-refractivity contribution in [1.82, 2.24) is 10.2 Å². The van der Waals surface area contributed by atoms with Crippen molar-refractivity contribution in [3.63, 3.8) is 0 Å². The molecule has 2 nitrogen and oxygen atoms in total. The zero-order valence-electron chi connectivity index (χ0n) is 12.0. The Morgan fingerprint density at radius 2 is 2.05 bits per heavy atom. The van der Waals surface area contributed by atoms with E-state index in [2.05, 4.69) is 47.5 Å². The Kier molecular flexibility index (Phi) is 4.19. The first-order valence-corrected chi connectivity index (χ1v) is 7.83. The molecule has 1 aromatic rings. The van der Waals surface area contributed by atoms with Gasteiger partial charge in [0.2, 0.25) is 0 Å². The molecule has 3 rings (SSSR count). The molecular weight excluding hydrogens is 232 g/mol. The van der Waals surface area contributed by atoms with Crippen molar-refractivity contribution in [1.29, 1.82) is 0 Å². The molecule has 2 heteroatoms. The molecule has 1 aromatic carbocycles. The first kappa shape index (κ1) is 13.1. The van der Waals surface area contributed by atoms with Gasteiger partial charge < -0.3 is 10.2 Å². The molecule has 1 heterocycles. The van der Waals surface area contributed by atoms with Crippen LogP contribution in [-0.4, -0.2) is 37.1 Å². The topological polar surface area (TPSA) is 15.3 Å². The van der Waals surface area contributed by atoms with E-state index in [0.717, 1.165) is 12.0 Å². The summed E-state index contributed by atoms with van der Waals surface area (Å²) in [6.45, 7) is 7.28. The molecule has 0 spiro atoms. The average Bonchev–Trinajstić information content (AvgIpc) is 3.26. The second kappa shape index (κ2) is 6.06. The Morgan fingerprint density at radius 3 is 2.79 bits per heavy atom. The maximum absolute atomic E-state index is 3.74. The number of benzene rings is 1. The van der Waals surface area contributed by atoms with Crippen molar-refractivity contribution in [3.8, 4) is 0 Å². The largest absolute Gasteiger partial charge is 0.312 e. The van der Waals surface area contributed by atoms with Crippen LogP contribution < -0.4 is 5.32 Å². The fourth-order valence-electron chi connectivity index (χ4n) is 3.28. The molecule has 2 unspecified atom stereocenters. The predicted molar refractivity (Wildman–Crippen MR) is 80.4 cm³/mol. The quantitative estimate of drug-likeness (QED) is 0.893. The molecule has 2 atom stereocenters. The molecular formula is C17H26N2. The van der Waals surface area contributed by atoms with Crippen LogP contribution in [-0.2, 0) is 0 Å². The lowest BCUT2D eigenvalue weighted by atomic mass is 10.0. The number of nitrogens with zero attached hydrogens (tertiary/aromatic N) is 1. The molecule has 0 radical (unpaired) electrons. The van der Waals surface area contributed by atoms with Crippen LogP contribution in [0.2, 0.25) is 0 Å². The van der Waals surface area contributed by atoms with E-state index in [9.17, 15) is 0 Å². The highest BCUT2D eigenvalue weighted by atomic mass is 15.2. The fraction of sp³-hybridized carbons (Fsp3) is 0.647. The van der Waals surface area contributed by atoms with Crippen LogP contribution >= 0.6 is 0 Å². The van der Waals surface area contributed by atoms with Gasteiger partial charge in [0.15, 0.2) is 0 Å². The van der Waals surface area contributed by atoms with E-state index in [1.807, 2.05) is 0 Å². The zero-order valence-corrected chi connectivity index (χ0v) is 12.0. The molecule has 1 saturated heterocycles. The fourth-order valence-corrected chi connectivity index (χ4v) is 3.28. The lowest BCUT2D eigenvalue weighted by molar-refractivity contribution is 0.247. The Balaban J connectivity index is 1.58. The summed E-state index contributed by atoms with van der Waals surface area (Å²) in [5.41, 5.74) is 1.47. The molecule has 19 heavy (non-hydrogen) atoms. The number of hydrogen-bond donors (Lipinski definition) is 1. The van der Waals surface area contributed by atoms with Crippen molar-refractivity contribution < 1.29 is 0 Å². The Bertz CT molecular complexity index is 386. The van der Waals surface area contributed by atoms with Crippen molar-refractivity contribution in [2.45, 2.75) is 38.1 Å². The van der Waals surface area contributed by atoms with Gasteiger partial charge in [0.25, 0.3) is 0 Å².